The highest BCUT2D eigenvalue weighted by Gasteiger charge is 2.29. The molecular weight excluding hydrogens is 486 g/mol. The fraction of sp³-hybridized carbons (Fsp3) is 0.333. The minimum Gasteiger partial charge on any atom is -0.348 e. The molecule has 0 heterocycles. The summed E-state index contributed by atoms with van der Waals surface area (Å²) in [5.41, 5.74) is 3.56. The molecule has 6 heteroatoms. The highest BCUT2D eigenvalue weighted by molar-refractivity contribution is 6.00. The molecule has 6 nitrogen and oxygen atoms in total. The number of aryl methyl sites for hydroxylation is 1. The number of anilines is 1. The van der Waals surface area contributed by atoms with E-state index < -0.39 is 12.0 Å². The lowest BCUT2D eigenvalue weighted by Gasteiger charge is -2.27. The van der Waals surface area contributed by atoms with Gasteiger partial charge >= 0.3 is 0 Å². The summed E-state index contributed by atoms with van der Waals surface area (Å²) in [7, 11) is 0. The highest BCUT2D eigenvalue weighted by Crippen LogP contribution is 2.20. The van der Waals surface area contributed by atoms with E-state index >= 15 is 0 Å². The first kappa shape index (κ1) is 29.6. The van der Waals surface area contributed by atoms with Crippen molar-refractivity contribution in [3.05, 3.63) is 108 Å². The largest absolute Gasteiger partial charge is 0.348 e. The SMILES string of the molecule is [CH2]C[C@H](C(=O)Nc1ccccc1C)[C@@H](Cc1ccccc1)NC(=O)c1cccc(C(=O)N(CCC)CCC)c1. The number of nitrogens with zero attached hydrogens (tertiary/aromatic N) is 1. The maximum Gasteiger partial charge on any atom is 0.253 e. The van der Waals surface area contributed by atoms with Crippen molar-refractivity contribution in [2.75, 3.05) is 18.4 Å². The number of amides is 3. The molecule has 0 aliphatic heterocycles. The second-order valence-corrected chi connectivity index (χ2v) is 9.84. The molecule has 1 radical (unpaired) electrons. The third-order valence-electron chi connectivity index (χ3n) is 6.80. The Morgan fingerprint density at radius 3 is 2.13 bits per heavy atom. The molecule has 0 spiro atoms. The summed E-state index contributed by atoms with van der Waals surface area (Å²) < 4.78 is 0. The number of rotatable bonds is 13. The van der Waals surface area contributed by atoms with Crippen LogP contribution < -0.4 is 10.6 Å². The van der Waals surface area contributed by atoms with Crippen LogP contribution in [0.5, 0.6) is 0 Å². The zero-order chi connectivity index (χ0) is 28.2. The Kier molecular flexibility index (Phi) is 11.3. The molecule has 3 aromatic rings. The summed E-state index contributed by atoms with van der Waals surface area (Å²) in [6, 6.07) is 23.7. The number of nitrogens with one attached hydrogen (secondary N) is 2. The van der Waals surface area contributed by atoms with Crippen LogP contribution in [-0.2, 0) is 11.2 Å². The van der Waals surface area contributed by atoms with E-state index in [-0.39, 0.29) is 17.7 Å². The van der Waals surface area contributed by atoms with Crippen LogP contribution in [0.2, 0.25) is 0 Å². The molecule has 2 N–H and O–H groups in total. The summed E-state index contributed by atoms with van der Waals surface area (Å²) in [5, 5.41) is 6.12. The van der Waals surface area contributed by atoms with Gasteiger partial charge in [-0.1, -0.05) is 75.4 Å². The van der Waals surface area contributed by atoms with Crippen LogP contribution in [0.15, 0.2) is 78.9 Å². The van der Waals surface area contributed by atoms with Crippen LogP contribution in [0, 0.1) is 19.8 Å². The molecular formula is C33H40N3O3. The van der Waals surface area contributed by atoms with Crippen molar-refractivity contribution in [2.24, 2.45) is 5.92 Å². The van der Waals surface area contributed by atoms with E-state index in [0.717, 1.165) is 29.7 Å². The monoisotopic (exact) mass is 526 g/mol. The van der Waals surface area contributed by atoms with Crippen molar-refractivity contribution >= 4 is 23.4 Å². The molecule has 0 aliphatic rings. The molecule has 0 aromatic heterocycles. The van der Waals surface area contributed by atoms with Crippen LogP contribution in [-0.4, -0.2) is 41.8 Å². The predicted molar refractivity (Wildman–Crippen MR) is 158 cm³/mol. The summed E-state index contributed by atoms with van der Waals surface area (Å²) >= 11 is 0. The van der Waals surface area contributed by atoms with E-state index in [0.29, 0.717) is 37.1 Å². The predicted octanol–water partition coefficient (Wildman–Crippen LogP) is 6.08. The Balaban J connectivity index is 1.85. The number of hydrogen-bond donors (Lipinski definition) is 2. The van der Waals surface area contributed by atoms with Crippen LogP contribution in [0.25, 0.3) is 0 Å². The Labute approximate surface area is 232 Å². The van der Waals surface area contributed by atoms with Crippen molar-refractivity contribution < 1.29 is 14.4 Å². The molecule has 3 rings (SSSR count). The lowest BCUT2D eigenvalue weighted by molar-refractivity contribution is -0.120. The van der Waals surface area contributed by atoms with E-state index in [1.807, 2.05) is 80.3 Å². The average Bonchev–Trinajstić information content (AvgIpc) is 2.94. The zero-order valence-corrected chi connectivity index (χ0v) is 23.3. The summed E-state index contributed by atoms with van der Waals surface area (Å²) in [4.78, 5) is 41.9. The van der Waals surface area contributed by atoms with Crippen LogP contribution >= 0.6 is 0 Å². The van der Waals surface area contributed by atoms with Crippen LogP contribution in [0.4, 0.5) is 5.69 Å². The standard InChI is InChI=1S/C33H40N3O3/c1-5-20-36(21-6-2)33(39)27-18-13-17-26(23-27)31(37)35-30(22-25-15-9-8-10-16-25)28(7-3)32(38)34-29-19-12-11-14-24(29)4/h8-19,23,28,30H,3,5-7,20-22H2,1-2,4H3,(H,34,38)(H,35,37)/t28-,30+/m0/s1. The molecule has 3 amide bonds. The number of carbonyl (C=O) groups excluding carboxylic acids is 3. The molecule has 0 unspecified atom stereocenters. The van der Waals surface area contributed by atoms with Gasteiger partial charge in [-0.25, -0.2) is 0 Å². The van der Waals surface area contributed by atoms with Crippen molar-refractivity contribution in [1.29, 1.82) is 0 Å². The van der Waals surface area contributed by atoms with Gasteiger partial charge in [-0.05, 0) is 68.0 Å². The number of hydrogen-bond acceptors (Lipinski definition) is 3. The first-order valence-electron chi connectivity index (χ1n) is 13.8. The molecule has 0 fully saturated rings. The van der Waals surface area contributed by atoms with Gasteiger partial charge in [0, 0.05) is 35.9 Å². The van der Waals surface area contributed by atoms with Gasteiger partial charge in [0.2, 0.25) is 5.91 Å². The molecule has 0 bridgehead atoms. The van der Waals surface area contributed by atoms with Crippen LogP contribution in [0.1, 0.15) is 65.0 Å². The maximum absolute atomic E-state index is 13.5. The minimum atomic E-state index is -0.567. The molecule has 3 aromatic carbocycles. The molecule has 205 valence electrons. The smallest absolute Gasteiger partial charge is 0.253 e. The van der Waals surface area contributed by atoms with Gasteiger partial charge < -0.3 is 15.5 Å². The number of para-hydroxylation sites is 1. The highest BCUT2D eigenvalue weighted by atomic mass is 16.2. The van der Waals surface area contributed by atoms with Gasteiger partial charge in [-0.15, -0.1) is 0 Å². The van der Waals surface area contributed by atoms with Crippen LogP contribution in [0.3, 0.4) is 0 Å². The van der Waals surface area contributed by atoms with Gasteiger partial charge in [-0.2, -0.15) is 0 Å². The summed E-state index contributed by atoms with van der Waals surface area (Å²) in [6.07, 6.45) is 2.50. The second kappa shape index (κ2) is 14.9. The van der Waals surface area contributed by atoms with E-state index in [1.54, 1.807) is 24.3 Å². The van der Waals surface area contributed by atoms with Gasteiger partial charge in [0.25, 0.3) is 11.8 Å². The lowest BCUT2D eigenvalue weighted by atomic mass is 9.90. The molecule has 2 atom stereocenters. The Morgan fingerprint density at radius 2 is 1.49 bits per heavy atom. The summed E-state index contributed by atoms with van der Waals surface area (Å²) in [5.74, 6) is -1.17. The minimum absolute atomic E-state index is 0.0811. The quantitative estimate of drug-likeness (QED) is 0.283. The first-order valence-corrected chi connectivity index (χ1v) is 13.8. The van der Waals surface area contributed by atoms with Crippen molar-refractivity contribution in [3.8, 4) is 0 Å². The van der Waals surface area contributed by atoms with Crippen molar-refractivity contribution in [3.63, 3.8) is 0 Å². The normalized spacial score (nSPS) is 12.3. The van der Waals surface area contributed by atoms with Crippen molar-refractivity contribution in [2.45, 2.75) is 52.5 Å². The fourth-order valence-corrected chi connectivity index (χ4v) is 4.70. The Morgan fingerprint density at radius 1 is 0.846 bits per heavy atom. The maximum atomic E-state index is 13.5. The summed E-state index contributed by atoms with van der Waals surface area (Å²) in [6.45, 7) is 11.4. The zero-order valence-electron chi connectivity index (χ0n) is 23.3. The first-order chi connectivity index (χ1) is 18.9. The average molecular weight is 527 g/mol. The third kappa shape index (κ3) is 8.28. The second-order valence-electron chi connectivity index (χ2n) is 9.84. The van der Waals surface area contributed by atoms with E-state index in [4.69, 9.17) is 0 Å². The fourth-order valence-electron chi connectivity index (χ4n) is 4.70. The molecule has 0 saturated heterocycles. The molecule has 0 aliphatic carbocycles. The van der Waals surface area contributed by atoms with Gasteiger partial charge in [-0.3, -0.25) is 14.4 Å². The molecule has 39 heavy (non-hydrogen) atoms. The van der Waals surface area contributed by atoms with Gasteiger partial charge in [0.15, 0.2) is 0 Å². The van der Waals surface area contributed by atoms with E-state index in [1.165, 1.54) is 0 Å². The Hall–Kier alpha value is -3.93. The lowest BCUT2D eigenvalue weighted by Crippen LogP contribution is -2.46. The van der Waals surface area contributed by atoms with Gasteiger partial charge in [0.05, 0.1) is 5.92 Å². The van der Waals surface area contributed by atoms with E-state index in [9.17, 15) is 14.4 Å². The third-order valence-corrected chi connectivity index (χ3v) is 6.80. The molecule has 0 saturated carbocycles. The van der Waals surface area contributed by atoms with Crippen molar-refractivity contribution in [1.82, 2.24) is 10.2 Å². The topological polar surface area (TPSA) is 78.5 Å². The number of carbonyl (C=O) groups is 3. The van der Waals surface area contributed by atoms with Gasteiger partial charge in [0.1, 0.15) is 0 Å². The Bertz CT molecular complexity index is 1240. The number of benzene rings is 3. The van der Waals surface area contributed by atoms with E-state index in [2.05, 4.69) is 17.6 Å².